The van der Waals surface area contributed by atoms with Crippen LogP contribution in [-0.4, -0.2) is 8.56 Å². The fraction of sp³-hybridized carbons (Fsp3) is 0.273. The first-order chi connectivity index (χ1) is 12.4. The van der Waals surface area contributed by atoms with E-state index >= 15 is 0 Å². The lowest BCUT2D eigenvalue weighted by Crippen LogP contribution is -2.54. The molecule has 3 aromatic rings. The van der Waals surface area contributed by atoms with E-state index < -0.39 is 8.56 Å². The second-order valence-corrected chi connectivity index (χ2v) is 12.2. The van der Waals surface area contributed by atoms with Crippen LogP contribution in [0.5, 0.6) is 11.5 Å². The van der Waals surface area contributed by atoms with Crippen molar-refractivity contribution in [1.82, 2.24) is 0 Å². The second kappa shape index (κ2) is 7.85. The van der Waals surface area contributed by atoms with Crippen LogP contribution in [0.2, 0.25) is 11.1 Å². The first-order valence-corrected chi connectivity index (χ1v) is 11.8. The summed E-state index contributed by atoms with van der Waals surface area (Å²) in [6.07, 6.45) is 0. The van der Waals surface area contributed by atoms with E-state index in [1.807, 2.05) is 24.3 Å². The fourth-order valence-corrected chi connectivity index (χ4v) is 7.19. The third kappa shape index (κ3) is 3.67. The van der Waals surface area contributed by atoms with E-state index in [0.717, 1.165) is 21.4 Å². The molecule has 3 rings (SSSR count). The SMILES string of the molecule is CC(C)[Si](Oc1ccccc1Br)(Oc1cccc2ccccc12)C(C)C. The summed E-state index contributed by atoms with van der Waals surface area (Å²) in [6, 6.07) is 22.6. The normalized spacial score (nSPS) is 12.0. The van der Waals surface area contributed by atoms with E-state index in [1.165, 1.54) is 5.39 Å². The highest BCUT2D eigenvalue weighted by atomic mass is 79.9. The molecule has 0 saturated heterocycles. The Kier molecular flexibility index (Phi) is 5.73. The van der Waals surface area contributed by atoms with Crippen LogP contribution in [0, 0.1) is 0 Å². The first kappa shape index (κ1) is 19.0. The van der Waals surface area contributed by atoms with Crippen LogP contribution < -0.4 is 8.85 Å². The summed E-state index contributed by atoms with van der Waals surface area (Å²) in [6.45, 7) is 8.81. The Balaban J connectivity index is 2.07. The average Bonchev–Trinajstić information content (AvgIpc) is 2.62. The molecule has 2 nitrogen and oxygen atoms in total. The van der Waals surface area contributed by atoms with Gasteiger partial charge in [0.2, 0.25) is 0 Å². The summed E-state index contributed by atoms with van der Waals surface area (Å²) >= 11 is 3.61. The summed E-state index contributed by atoms with van der Waals surface area (Å²) in [7, 11) is -2.61. The second-order valence-electron chi connectivity index (χ2n) is 7.14. The van der Waals surface area contributed by atoms with Crippen molar-refractivity contribution in [1.29, 1.82) is 0 Å². The van der Waals surface area contributed by atoms with Crippen molar-refractivity contribution in [2.75, 3.05) is 0 Å². The molecular weight excluding hydrogens is 404 g/mol. The number of benzene rings is 3. The molecule has 3 aromatic carbocycles. The van der Waals surface area contributed by atoms with Crippen LogP contribution in [0.25, 0.3) is 10.8 Å². The summed E-state index contributed by atoms with van der Waals surface area (Å²) in [5.41, 5.74) is 0.571. The Morgan fingerprint density at radius 3 is 1.92 bits per heavy atom. The number of hydrogen-bond donors (Lipinski definition) is 0. The Morgan fingerprint density at radius 1 is 0.692 bits per heavy atom. The molecule has 0 heterocycles. The van der Waals surface area contributed by atoms with Gasteiger partial charge in [0.1, 0.15) is 11.5 Å². The molecule has 0 bridgehead atoms. The van der Waals surface area contributed by atoms with Gasteiger partial charge in [0, 0.05) is 16.5 Å². The zero-order chi connectivity index (χ0) is 18.7. The highest BCUT2D eigenvalue weighted by molar-refractivity contribution is 9.10. The summed E-state index contributed by atoms with van der Waals surface area (Å²) < 4.78 is 14.4. The highest BCUT2D eigenvalue weighted by Gasteiger charge is 2.50. The number of hydrogen-bond acceptors (Lipinski definition) is 2. The van der Waals surface area contributed by atoms with Gasteiger partial charge in [-0.2, -0.15) is 0 Å². The molecule has 0 N–H and O–H groups in total. The van der Waals surface area contributed by atoms with E-state index in [2.05, 4.69) is 86.1 Å². The number of halogens is 1. The largest absolute Gasteiger partial charge is 0.511 e. The Bertz CT molecular complexity index is 879. The first-order valence-electron chi connectivity index (χ1n) is 9.04. The molecule has 0 aliphatic rings. The minimum atomic E-state index is -2.61. The molecule has 0 fully saturated rings. The molecule has 0 spiro atoms. The van der Waals surface area contributed by atoms with E-state index in [0.29, 0.717) is 0 Å². The van der Waals surface area contributed by atoms with Crippen LogP contribution in [-0.2, 0) is 0 Å². The zero-order valence-corrected chi connectivity index (χ0v) is 18.3. The standard InChI is InChI=1S/C22H25BrO2Si/c1-16(2)26(17(3)4,25-22-14-8-7-13-20(22)23)24-21-15-9-11-18-10-5-6-12-19(18)21/h5-17H,1-4H3. The van der Waals surface area contributed by atoms with Crippen LogP contribution >= 0.6 is 15.9 Å². The Labute approximate surface area is 165 Å². The van der Waals surface area contributed by atoms with E-state index in [4.69, 9.17) is 8.85 Å². The molecular formula is C22H25BrO2Si. The molecule has 0 saturated carbocycles. The van der Waals surface area contributed by atoms with Crippen LogP contribution in [0.1, 0.15) is 27.7 Å². The fourth-order valence-electron chi connectivity index (χ4n) is 3.31. The monoisotopic (exact) mass is 428 g/mol. The van der Waals surface area contributed by atoms with Crippen LogP contribution in [0.4, 0.5) is 0 Å². The van der Waals surface area contributed by atoms with Gasteiger partial charge in [-0.3, -0.25) is 0 Å². The maximum Gasteiger partial charge on any atom is 0.465 e. The van der Waals surface area contributed by atoms with Crippen LogP contribution in [0.3, 0.4) is 0 Å². The van der Waals surface area contributed by atoms with Crippen molar-refractivity contribution >= 4 is 35.3 Å². The van der Waals surface area contributed by atoms with Gasteiger partial charge in [-0.15, -0.1) is 0 Å². The summed E-state index contributed by atoms with van der Waals surface area (Å²) in [5, 5.41) is 2.31. The minimum absolute atomic E-state index is 0.286. The van der Waals surface area contributed by atoms with Gasteiger partial charge in [-0.05, 0) is 39.5 Å². The summed E-state index contributed by atoms with van der Waals surface area (Å²) in [4.78, 5) is 0. The van der Waals surface area contributed by atoms with Crippen molar-refractivity contribution < 1.29 is 8.85 Å². The smallest absolute Gasteiger partial charge is 0.465 e. The van der Waals surface area contributed by atoms with Gasteiger partial charge in [0.25, 0.3) is 0 Å². The predicted octanol–water partition coefficient (Wildman–Crippen LogP) is 7.32. The Morgan fingerprint density at radius 2 is 1.23 bits per heavy atom. The predicted molar refractivity (Wildman–Crippen MR) is 115 cm³/mol. The minimum Gasteiger partial charge on any atom is -0.511 e. The molecule has 0 aliphatic heterocycles. The van der Waals surface area contributed by atoms with Crippen molar-refractivity contribution in [2.24, 2.45) is 0 Å². The topological polar surface area (TPSA) is 18.5 Å². The van der Waals surface area contributed by atoms with E-state index in [9.17, 15) is 0 Å². The highest BCUT2D eigenvalue weighted by Crippen LogP contribution is 2.40. The average molecular weight is 429 g/mol. The molecule has 26 heavy (non-hydrogen) atoms. The molecule has 0 aliphatic carbocycles. The van der Waals surface area contributed by atoms with Gasteiger partial charge in [0.05, 0.1) is 4.47 Å². The molecule has 0 aromatic heterocycles. The van der Waals surface area contributed by atoms with Crippen molar-refractivity contribution in [3.05, 3.63) is 71.2 Å². The lowest BCUT2D eigenvalue weighted by atomic mass is 10.1. The molecule has 0 radical (unpaired) electrons. The Hall–Kier alpha value is -1.78. The maximum absolute atomic E-state index is 6.79. The molecule has 4 heteroatoms. The van der Waals surface area contributed by atoms with Crippen molar-refractivity contribution in [3.8, 4) is 11.5 Å². The maximum atomic E-state index is 6.79. The van der Waals surface area contributed by atoms with Gasteiger partial charge in [0.15, 0.2) is 0 Å². The molecule has 0 unspecified atom stereocenters. The van der Waals surface area contributed by atoms with Crippen molar-refractivity contribution in [2.45, 2.75) is 38.8 Å². The zero-order valence-electron chi connectivity index (χ0n) is 15.7. The van der Waals surface area contributed by atoms with E-state index in [-0.39, 0.29) is 11.1 Å². The van der Waals surface area contributed by atoms with Gasteiger partial charge >= 0.3 is 8.56 Å². The third-order valence-corrected chi connectivity index (χ3v) is 9.69. The van der Waals surface area contributed by atoms with Gasteiger partial charge < -0.3 is 8.85 Å². The molecule has 136 valence electrons. The summed E-state index contributed by atoms with van der Waals surface area (Å²) in [5.74, 6) is 1.76. The van der Waals surface area contributed by atoms with Crippen molar-refractivity contribution in [3.63, 3.8) is 0 Å². The van der Waals surface area contributed by atoms with Crippen LogP contribution in [0.15, 0.2) is 71.2 Å². The van der Waals surface area contributed by atoms with E-state index in [1.54, 1.807) is 0 Å². The molecule has 0 atom stereocenters. The number of rotatable bonds is 6. The van der Waals surface area contributed by atoms with Gasteiger partial charge in [-0.25, -0.2) is 0 Å². The lowest BCUT2D eigenvalue weighted by Gasteiger charge is -2.38. The lowest BCUT2D eigenvalue weighted by molar-refractivity contribution is 0.352. The quantitative estimate of drug-likeness (QED) is 0.382. The number of para-hydroxylation sites is 1. The molecule has 0 amide bonds. The third-order valence-electron chi connectivity index (χ3n) is 4.73. The van der Waals surface area contributed by atoms with Gasteiger partial charge in [-0.1, -0.05) is 76.2 Å². The number of fused-ring (bicyclic) bond motifs is 1.